The van der Waals surface area contributed by atoms with E-state index in [4.69, 9.17) is 0 Å². The average Bonchev–Trinajstić information content (AvgIpc) is 2.99. The first-order valence-corrected chi connectivity index (χ1v) is 7.11. The molecule has 3 rings (SSSR count). The van der Waals surface area contributed by atoms with Crippen LogP contribution in [0, 0.1) is 18.6 Å². The number of aryl methyl sites for hydroxylation is 1. The molecular weight excluding hydrogens is 316 g/mol. The zero-order valence-corrected chi connectivity index (χ0v) is 12.7. The van der Waals surface area contributed by atoms with Crippen LogP contribution in [0.15, 0.2) is 42.5 Å². The number of benzene rings is 2. The van der Waals surface area contributed by atoms with Gasteiger partial charge in [-0.1, -0.05) is 29.8 Å². The number of carbonyl (C=O) groups excluding carboxylic acids is 1. The second-order valence-electron chi connectivity index (χ2n) is 5.20. The maximum absolute atomic E-state index is 13.6. The minimum Gasteiger partial charge on any atom is -0.322 e. The molecule has 24 heavy (non-hydrogen) atoms. The van der Waals surface area contributed by atoms with Crippen LogP contribution in [0.2, 0.25) is 0 Å². The van der Waals surface area contributed by atoms with E-state index in [1.54, 1.807) is 0 Å². The van der Waals surface area contributed by atoms with Gasteiger partial charge >= 0.3 is 0 Å². The fourth-order valence-corrected chi connectivity index (χ4v) is 2.14. The molecule has 0 aliphatic carbocycles. The molecule has 0 aliphatic rings. The minimum atomic E-state index is -0.848. The molecule has 6 nitrogen and oxygen atoms in total. The third kappa shape index (κ3) is 3.43. The monoisotopic (exact) mass is 329 g/mol. The molecule has 0 spiro atoms. The van der Waals surface area contributed by atoms with Crippen LogP contribution in [0.25, 0.3) is 11.4 Å². The summed E-state index contributed by atoms with van der Waals surface area (Å²) < 4.78 is 27.8. The van der Waals surface area contributed by atoms with Gasteiger partial charge in [-0.05, 0) is 29.5 Å². The van der Waals surface area contributed by atoms with Crippen LogP contribution < -0.4 is 5.32 Å². The number of nitrogens with one attached hydrogen (secondary N) is 1. The number of amides is 1. The second kappa shape index (κ2) is 6.53. The van der Waals surface area contributed by atoms with E-state index in [0.717, 1.165) is 23.3 Å². The van der Waals surface area contributed by atoms with Gasteiger partial charge in [0.2, 0.25) is 5.91 Å². The molecule has 0 fully saturated rings. The van der Waals surface area contributed by atoms with Crippen molar-refractivity contribution in [2.24, 2.45) is 0 Å². The lowest BCUT2D eigenvalue weighted by molar-refractivity contribution is -0.116. The topological polar surface area (TPSA) is 72.7 Å². The van der Waals surface area contributed by atoms with Crippen molar-refractivity contribution < 1.29 is 13.6 Å². The summed E-state index contributed by atoms with van der Waals surface area (Å²) >= 11 is 0. The normalized spacial score (nSPS) is 10.6. The Morgan fingerprint density at radius 3 is 2.62 bits per heavy atom. The molecule has 0 saturated carbocycles. The number of halogens is 2. The molecule has 0 radical (unpaired) electrons. The second-order valence-corrected chi connectivity index (χ2v) is 5.20. The molecule has 1 N–H and O–H groups in total. The van der Waals surface area contributed by atoms with E-state index in [1.807, 2.05) is 31.2 Å². The summed E-state index contributed by atoms with van der Waals surface area (Å²) in [5.74, 6) is -1.67. The quantitative estimate of drug-likeness (QED) is 0.798. The number of hydrogen-bond acceptors (Lipinski definition) is 4. The van der Waals surface area contributed by atoms with Crippen LogP contribution in [0.4, 0.5) is 14.5 Å². The number of rotatable bonds is 4. The average molecular weight is 329 g/mol. The van der Waals surface area contributed by atoms with Crippen molar-refractivity contribution in [3.8, 4) is 11.4 Å². The van der Waals surface area contributed by atoms with Crippen molar-refractivity contribution in [2.75, 3.05) is 5.32 Å². The summed E-state index contributed by atoms with van der Waals surface area (Å²) in [6.45, 7) is 1.75. The molecule has 1 heterocycles. The van der Waals surface area contributed by atoms with Crippen molar-refractivity contribution >= 4 is 11.6 Å². The summed E-state index contributed by atoms with van der Waals surface area (Å²) in [6.07, 6.45) is 0. The molecule has 2 aromatic carbocycles. The van der Waals surface area contributed by atoms with E-state index in [1.165, 1.54) is 4.68 Å². The third-order valence-corrected chi connectivity index (χ3v) is 3.34. The van der Waals surface area contributed by atoms with Crippen LogP contribution in [-0.4, -0.2) is 26.1 Å². The van der Waals surface area contributed by atoms with E-state index in [-0.39, 0.29) is 12.2 Å². The van der Waals surface area contributed by atoms with E-state index < -0.39 is 17.5 Å². The van der Waals surface area contributed by atoms with E-state index >= 15 is 0 Å². The predicted molar refractivity (Wildman–Crippen MR) is 83.0 cm³/mol. The lowest BCUT2D eigenvalue weighted by atomic mass is 10.1. The molecule has 1 amide bonds. The van der Waals surface area contributed by atoms with Gasteiger partial charge in [0.05, 0.1) is 5.69 Å². The Morgan fingerprint density at radius 2 is 1.92 bits per heavy atom. The molecule has 8 heteroatoms. The Hall–Kier alpha value is -3.16. The highest BCUT2D eigenvalue weighted by atomic mass is 19.1. The van der Waals surface area contributed by atoms with Crippen molar-refractivity contribution in [2.45, 2.75) is 13.5 Å². The first-order valence-electron chi connectivity index (χ1n) is 7.11. The first-order chi connectivity index (χ1) is 11.5. The molecule has 0 aliphatic heterocycles. The highest BCUT2D eigenvalue weighted by Crippen LogP contribution is 2.17. The van der Waals surface area contributed by atoms with Crippen LogP contribution in [0.1, 0.15) is 5.56 Å². The van der Waals surface area contributed by atoms with Gasteiger partial charge < -0.3 is 5.32 Å². The van der Waals surface area contributed by atoms with Crippen LogP contribution >= 0.6 is 0 Å². The summed E-state index contributed by atoms with van der Waals surface area (Å²) in [5.41, 5.74) is 1.74. The summed E-state index contributed by atoms with van der Waals surface area (Å²) in [4.78, 5) is 12.1. The van der Waals surface area contributed by atoms with Gasteiger partial charge in [0, 0.05) is 11.6 Å². The fourth-order valence-electron chi connectivity index (χ4n) is 2.14. The SMILES string of the molecule is Cc1ccc(-c2nnnn2CC(=O)Nc2ccc(F)cc2F)cc1. The molecule has 0 unspecified atom stereocenters. The highest BCUT2D eigenvalue weighted by Gasteiger charge is 2.14. The van der Waals surface area contributed by atoms with E-state index in [9.17, 15) is 13.6 Å². The molecule has 3 aromatic rings. The number of tetrazole rings is 1. The standard InChI is InChI=1S/C16H13F2N5O/c1-10-2-4-11(5-3-10)16-20-21-22-23(16)9-15(24)19-14-7-6-12(17)8-13(14)18/h2-8H,9H2,1H3,(H,19,24). The fraction of sp³-hybridized carbons (Fsp3) is 0.125. The molecule has 1 aromatic heterocycles. The molecule has 0 atom stereocenters. The lowest BCUT2D eigenvalue weighted by Crippen LogP contribution is -2.21. The van der Waals surface area contributed by atoms with E-state index in [0.29, 0.717) is 11.9 Å². The van der Waals surface area contributed by atoms with Gasteiger partial charge in [-0.3, -0.25) is 4.79 Å². The zero-order valence-electron chi connectivity index (χ0n) is 12.7. The number of aromatic nitrogens is 4. The number of hydrogen-bond donors (Lipinski definition) is 1. The Kier molecular flexibility index (Phi) is 4.28. The largest absolute Gasteiger partial charge is 0.322 e. The maximum Gasteiger partial charge on any atom is 0.246 e. The molecule has 0 saturated heterocycles. The first kappa shape index (κ1) is 15.7. The van der Waals surface area contributed by atoms with Gasteiger partial charge in [-0.15, -0.1) is 5.10 Å². The van der Waals surface area contributed by atoms with Crippen molar-refractivity contribution in [3.05, 3.63) is 59.7 Å². The van der Waals surface area contributed by atoms with Gasteiger partial charge in [0.15, 0.2) is 5.82 Å². The summed E-state index contributed by atoms with van der Waals surface area (Å²) in [5, 5.41) is 13.6. The summed E-state index contributed by atoms with van der Waals surface area (Å²) in [6, 6.07) is 10.4. The van der Waals surface area contributed by atoms with Crippen molar-refractivity contribution in [1.82, 2.24) is 20.2 Å². The smallest absolute Gasteiger partial charge is 0.246 e. The summed E-state index contributed by atoms with van der Waals surface area (Å²) in [7, 11) is 0. The Bertz CT molecular complexity index is 876. The van der Waals surface area contributed by atoms with Crippen LogP contribution in [-0.2, 0) is 11.3 Å². The van der Waals surface area contributed by atoms with Gasteiger partial charge in [-0.2, -0.15) is 0 Å². The maximum atomic E-state index is 13.6. The molecule has 122 valence electrons. The minimum absolute atomic E-state index is 0.105. The predicted octanol–water partition coefficient (Wildman–Crippen LogP) is 2.57. The van der Waals surface area contributed by atoms with Gasteiger partial charge in [-0.25, -0.2) is 13.5 Å². The number of carbonyl (C=O) groups is 1. The van der Waals surface area contributed by atoms with Crippen molar-refractivity contribution in [1.29, 1.82) is 0 Å². The third-order valence-electron chi connectivity index (χ3n) is 3.34. The van der Waals surface area contributed by atoms with Crippen LogP contribution in [0.5, 0.6) is 0 Å². The van der Waals surface area contributed by atoms with Gasteiger partial charge in [0.25, 0.3) is 0 Å². The van der Waals surface area contributed by atoms with Gasteiger partial charge in [0.1, 0.15) is 18.2 Å². The Labute approximate surface area is 136 Å². The highest BCUT2D eigenvalue weighted by molar-refractivity contribution is 5.90. The van der Waals surface area contributed by atoms with Crippen molar-refractivity contribution in [3.63, 3.8) is 0 Å². The Balaban J connectivity index is 1.76. The number of nitrogens with zero attached hydrogens (tertiary/aromatic N) is 4. The Morgan fingerprint density at radius 1 is 1.17 bits per heavy atom. The van der Waals surface area contributed by atoms with Crippen LogP contribution in [0.3, 0.4) is 0 Å². The lowest BCUT2D eigenvalue weighted by Gasteiger charge is -2.08. The zero-order chi connectivity index (χ0) is 17.1. The van der Waals surface area contributed by atoms with E-state index in [2.05, 4.69) is 20.8 Å². The number of anilines is 1. The molecule has 0 bridgehead atoms. The molecular formula is C16H13F2N5O.